The van der Waals surface area contributed by atoms with Crippen molar-refractivity contribution < 1.29 is 0 Å². The molecule has 1 unspecified atom stereocenters. The van der Waals surface area contributed by atoms with Gasteiger partial charge in [0, 0.05) is 25.8 Å². The van der Waals surface area contributed by atoms with Crippen LogP contribution >= 0.6 is 15.9 Å². The van der Waals surface area contributed by atoms with Gasteiger partial charge in [-0.15, -0.1) is 0 Å². The predicted octanol–water partition coefficient (Wildman–Crippen LogP) is 2.34. The van der Waals surface area contributed by atoms with Crippen LogP contribution in [0.2, 0.25) is 0 Å². The maximum Gasteiger partial charge on any atom is 0.142 e. The number of aryl methyl sites for hydroxylation is 1. The summed E-state index contributed by atoms with van der Waals surface area (Å²) in [6.45, 7) is 4.23. The molecule has 0 spiro atoms. The molecule has 1 atom stereocenters. The molecule has 1 aliphatic rings. The Morgan fingerprint density at radius 1 is 1.62 bits per heavy atom. The lowest BCUT2D eigenvalue weighted by molar-refractivity contribution is 0.597. The minimum Gasteiger partial charge on any atom is -0.357 e. The number of nitrogens with one attached hydrogen (secondary N) is 1. The van der Waals surface area contributed by atoms with E-state index in [1.807, 2.05) is 6.20 Å². The molecule has 0 aliphatic carbocycles. The Morgan fingerprint density at radius 3 is 3.06 bits per heavy atom. The smallest absolute Gasteiger partial charge is 0.142 e. The van der Waals surface area contributed by atoms with E-state index in [1.54, 1.807) is 0 Å². The average molecular weight is 284 g/mol. The first kappa shape index (κ1) is 11.9. The van der Waals surface area contributed by atoms with Crippen molar-refractivity contribution in [3.8, 4) is 0 Å². The molecule has 1 aromatic heterocycles. The Bertz CT molecular complexity index is 361. The van der Waals surface area contributed by atoms with Crippen molar-refractivity contribution in [2.75, 3.05) is 25.0 Å². The van der Waals surface area contributed by atoms with Gasteiger partial charge in [0.25, 0.3) is 0 Å². The third-order valence-corrected chi connectivity index (χ3v) is 3.56. The molecule has 2 rings (SSSR count). The average Bonchev–Trinajstić information content (AvgIpc) is 2.70. The monoisotopic (exact) mass is 283 g/mol. The minimum atomic E-state index is 0.611. The van der Waals surface area contributed by atoms with Crippen LogP contribution < -0.4 is 10.2 Å². The van der Waals surface area contributed by atoms with Gasteiger partial charge in [0.2, 0.25) is 0 Å². The molecule has 0 saturated carbocycles. The lowest BCUT2D eigenvalue weighted by Gasteiger charge is -2.23. The molecule has 1 fully saturated rings. The topological polar surface area (TPSA) is 28.2 Å². The Morgan fingerprint density at radius 2 is 2.44 bits per heavy atom. The molecule has 1 N–H and O–H groups in total. The van der Waals surface area contributed by atoms with Crippen LogP contribution in [-0.4, -0.2) is 31.2 Å². The highest BCUT2D eigenvalue weighted by molar-refractivity contribution is 9.10. The summed E-state index contributed by atoms with van der Waals surface area (Å²) in [7, 11) is 2.10. The summed E-state index contributed by atoms with van der Waals surface area (Å²) in [5.74, 6) is 1.03. The SMILES string of the molecule is Cc1cnc(N(C)CC2CCCN2)c(Br)c1. The molecule has 4 heteroatoms. The maximum atomic E-state index is 4.47. The summed E-state index contributed by atoms with van der Waals surface area (Å²) >= 11 is 3.57. The van der Waals surface area contributed by atoms with Crippen molar-refractivity contribution in [1.29, 1.82) is 0 Å². The molecule has 3 nitrogen and oxygen atoms in total. The van der Waals surface area contributed by atoms with E-state index >= 15 is 0 Å². The van der Waals surface area contributed by atoms with Crippen molar-refractivity contribution in [2.24, 2.45) is 0 Å². The summed E-state index contributed by atoms with van der Waals surface area (Å²) in [6, 6.07) is 2.72. The van der Waals surface area contributed by atoms with E-state index in [0.717, 1.165) is 23.4 Å². The number of halogens is 1. The van der Waals surface area contributed by atoms with E-state index in [4.69, 9.17) is 0 Å². The number of nitrogens with zero attached hydrogens (tertiary/aromatic N) is 2. The van der Waals surface area contributed by atoms with Crippen molar-refractivity contribution >= 4 is 21.7 Å². The highest BCUT2D eigenvalue weighted by Crippen LogP contribution is 2.24. The Hall–Kier alpha value is -0.610. The van der Waals surface area contributed by atoms with Gasteiger partial charge >= 0.3 is 0 Å². The van der Waals surface area contributed by atoms with Gasteiger partial charge in [-0.3, -0.25) is 0 Å². The molecule has 2 heterocycles. The van der Waals surface area contributed by atoms with E-state index in [2.05, 4.69) is 51.2 Å². The van der Waals surface area contributed by atoms with Crippen LogP contribution in [0.3, 0.4) is 0 Å². The zero-order valence-corrected chi connectivity index (χ0v) is 11.4. The Kier molecular flexibility index (Phi) is 3.82. The third kappa shape index (κ3) is 2.74. The van der Waals surface area contributed by atoms with Gasteiger partial charge in [-0.2, -0.15) is 0 Å². The number of rotatable bonds is 3. The van der Waals surface area contributed by atoms with E-state index in [0.29, 0.717) is 6.04 Å². The first-order valence-corrected chi connectivity index (χ1v) is 6.53. The number of aromatic nitrogens is 1. The lowest BCUT2D eigenvalue weighted by atomic mass is 10.2. The van der Waals surface area contributed by atoms with Crippen LogP contribution in [0.1, 0.15) is 18.4 Å². The maximum absolute atomic E-state index is 4.47. The van der Waals surface area contributed by atoms with Crippen LogP contribution in [0, 0.1) is 6.92 Å². The van der Waals surface area contributed by atoms with E-state index in [-0.39, 0.29) is 0 Å². The highest BCUT2D eigenvalue weighted by atomic mass is 79.9. The standard InChI is InChI=1S/C12H18BrN3/c1-9-6-11(13)12(15-7-9)16(2)8-10-4-3-5-14-10/h6-7,10,14H,3-5,8H2,1-2H3. The van der Waals surface area contributed by atoms with Crippen LogP contribution in [0.4, 0.5) is 5.82 Å². The second-order valence-corrected chi connectivity index (χ2v) is 5.35. The van der Waals surface area contributed by atoms with E-state index in [9.17, 15) is 0 Å². The molecule has 88 valence electrons. The molecule has 0 bridgehead atoms. The zero-order chi connectivity index (χ0) is 11.5. The van der Waals surface area contributed by atoms with Gasteiger partial charge < -0.3 is 10.2 Å². The number of pyridine rings is 1. The largest absolute Gasteiger partial charge is 0.357 e. The molecular formula is C12H18BrN3. The molecule has 1 saturated heterocycles. The van der Waals surface area contributed by atoms with Crippen LogP contribution in [-0.2, 0) is 0 Å². The molecule has 0 radical (unpaired) electrons. The van der Waals surface area contributed by atoms with E-state index < -0.39 is 0 Å². The van der Waals surface area contributed by atoms with E-state index in [1.165, 1.54) is 18.4 Å². The molecule has 1 aliphatic heterocycles. The molecular weight excluding hydrogens is 266 g/mol. The van der Waals surface area contributed by atoms with Crippen LogP contribution in [0.25, 0.3) is 0 Å². The number of anilines is 1. The first-order valence-electron chi connectivity index (χ1n) is 5.73. The fourth-order valence-electron chi connectivity index (χ4n) is 2.14. The summed E-state index contributed by atoms with van der Waals surface area (Å²) in [6.07, 6.45) is 4.48. The van der Waals surface area contributed by atoms with Crippen molar-refractivity contribution in [2.45, 2.75) is 25.8 Å². The summed E-state index contributed by atoms with van der Waals surface area (Å²) in [5.41, 5.74) is 1.18. The minimum absolute atomic E-state index is 0.611. The Labute approximate surface area is 105 Å². The quantitative estimate of drug-likeness (QED) is 0.923. The van der Waals surface area contributed by atoms with Gasteiger partial charge in [-0.05, 0) is 53.9 Å². The van der Waals surface area contributed by atoms with Gasteiger partial charge in [-0.1, -0.05) is 0 Å². The highest BCUT2D eigenvalue weighted by Gasteiger charge is 2.17. The van der Waals surface area contributed by atoms with Gasteiger partial charge in [-0.25, -0.2) is 4.98 Å². The fraction of sp³-hybridized carbons (Fsp3) is 0.583. The molecule has 1 aromatic rings. The van der Waals surface area contributed by atoms with Crippen LogP contribution in [0.15, 0.2) is 16.7 Å². The Balaban J connectivity index is 2.04. The molecule has 16 heavy (non-hydrogen) atoms. The zero-order valence-electron chi connectivity index (χ0n) is 9.83. The fourth-order valence-corrected chi connectivity index (χ4v) is 2.90. The summed E-state index contributed by atoms with van der Waals surface area (Å²) in [5, 5.41) is 3.50. The summed E-state index contributed by atoms with van der Waals surface area (Å²) < 4.78 is 1.08. The van der Waals surface area contributed by atoms with Crippen LogP contribution in [0.5, 0.6) is 0 Å². The lowest BCUT2D eigenvalue weighted by Crippen LogP contribution is -2.35. The van der Waals surface area contributed by atoms with Crippen molar-refractivity contribution in [1.82, 2.24) is 10.3 Å². The van der Waals surface area contributed by atoms with Gasteiger partial charge in [0.15, 0.2) is 0 Å². The molecule has 0 amide bonds. The number of hydrogen-bond acceptors (Lipinski definition) is 3. The van der Waals surface area contributed by atoms with Crippen molar-refractivity contribution in [3.63, 3.8) is 0 Å². The first-order chi connectivity index (χ1) is 7.66. The predicted molar refractivity (Wildman–Crippen MR) is 71.0 cm³/mol. The normalized spacial score (nSPS) is 20.1. The summed E-state index contributed by atoms with van der Waals surface area (Å²) in [4.78, 5) is 6.69. The van der Waals surface area contributed by atoms with Gasteiger partial charge in [0.1, 0.15) is 5.82 Å². The second-order valence-electron chi connectivity index (χ2n) is 4.49. The third-order valence-electron chi connectivity index (χ3n) is 2.98. The molecule has 0 aromatic carbocycles. The van der Waals surface area contributed by atoms with Gasteiger partial charge in [0.05, 0.1) is 4.47 Å². The number of likely N-dealkylation sites (N-methyl/N-ethyl adjacent to an activating group) is 1. The van der Waals surface area contributed by atoms with Crippen molar-refractivity contribution in [3.05, 3.63) is 22.3 Å². The second kappa shape index (κ2) is 5.15. The number of hydrogen-bond donors (Lipinski definition) is 1.